The molecule has 22 heavy (non-hydrogen) atoms. The summed E-state index contributed by atoms with van der Waals surface area (Å²) in [5.74, 6) is -0.758. The van der Waals surface area contributed by atoms with Gasteiger partial charge in [-0.05, 0) is 31.2 Å². The fourth-order valence-electron chi connectivity index (χ4n) is 1.67. The van der Waals surface area contributed by atoms with Gasteiger partial charge in [0.25, 0.3) is 0 Å². The Labute approximate surface area is 131 Å². The molecule has 0 unspecified atom stereocenters. The smallest absolute Gasteiger partial charge is 0.325 e. The minimum atomic E-state index is -1.09. The molecular weight excluding hydrogens is 310 g/mol. The Bertz CT molecular complexity index is 669. The van der Waals surface area contributed by atoms with Crippen molar-refractivity contribution in [3.8, 4) is 11.4 Å². The highest BCUT2D eigenvalue weighted by Gasteiger charge is 2.15. The molecule has 1 atom stereocenters. The van der Waals surface area contributed by atoms with Crippen LogP contribution >= 0.6 is 11.6 Å². The van der Waals surface area contributed by atoms with Crippen molar-refractivity contribution in [2.24, 2.45) is 0 Å². The van der Waals surface area contributed by atoms with E-state index in [0.717, 1.165) is 5.56 Å². The van der Waals surface area contributed by atoms with Gasteiger partial charge in [0.15, 0.2) is 0 Å². The lowest BCUT2D eigenvalue weighted by Gasteiger charge is -2.07. The van der Waals surface area contributed by atoms with Gasteiger partial charge in [-0.3, -0.25) is 9.59 Å². The zero-order valence-electron chi connectivity index (χ0n) is 11.7. The molecule has 1 amide bonds. The van der Waals surface area contributed by atoms with Crippen molar-refractivity contribution in [3.05, 3.63) is 35.2 Å². The van der Waals surface area contributed by atoms with E-state index in [2.05, 4.69) is 15.5 Å². The molecule has 2 rings (SSSR count). The topological polar surface area (TPSA) is 105 Å². The summed E-state index contributed by atoms with van der Waals surface area (Å²) in [6.45, 7) is 1.39. The molecule has 1 heterocycles. The second kappa shape index (κ2) is 7.04. The number of aromatic nitrogens is 2. The number of rotatable bonds is 6. The van der Waals surface area contributed by atoms with E-state index in [-0.39, 0.29) is 18.7 Å². The molecule has 0 radical (unpaired) electrons. The van der Waals surface area contributed by atoms with Gasteiger partial charge in [0, 0.05) is 23.4 Å². The van der Waals surface area contributed by atoms with Crippen LogP contribution in [0.5, 0.6) is 0 Å². The summed E-state index contributed by atoms with van der Waals surface area (Å²) in [5, 5.41) is 15.5. The van der Waals surface area contributed by atoms with E-state index in [4.69, 9.17) is 21.2 Å². The monoisotopic (exact) mass is 323 g/mol. The first-order chi connectivity index (χ1) is 10.5. The maximum atomic E-state index is 11.6. The summed E-state index contributed by atoms with van der Waals surface area (Å²) >= 11 is 5.80. The van der Waals surface area contributed by atoms with E-state index in [1.165, 1.54) is 6.92 Å². The fourth-order valence-corrected chi connectivity index (χ4v) is 1.79. The molecule has 0 aliphatic rings. The Morgan fingerprint density at radius 3 is 2.68 bits per heavy atom. The Morgan fingerprint density at radius 2 is 2.05 bits per heavy atom. The largest absolute Gasteiger partial charge is 0.480 e. The van der Waals surface area contributed by atoms with Crippen LogP contribution in [0.3, 0.4) is 0 Å². The molecule has 2 N–H and O–H groups in total. The molecule has 0 saturated carbocycles. The van der Waals surface area contributed by atoms with Crippen LogP contribution in [0.4, 0.5) is 0 Å². The zero-order chi connectivity index (χ0) is 16.1. The minimum Gasteiger partial charge on any atom is -0.480 e. The van der Waals surface area contributed by atoms with Crippen LogP contribution in [0.15, 0.2) is 28.8 Å². The zero-order valence-corrected chi connectivity index (χ0v) is 12.5. The average Bonchev–Trinajstić information content (AvgIpc) is 2.94. The standard InChI is InChI=1S/C14H14ClN3O4/c1-8(14(20)21)16-11(19)6-7-12-17-13(18-22-12)9-2-4-10(15)5-3-9/h2-5,8H,6-7H2,1H3,(H,16,19)(H,20,21)/t8-/m0/s1. The first-order valence-corrected chi connectivity index (χ1v) is 6.94. The van der Waals surface area contributed by atoms with Gasteiger partial charge in [-0.15, -0.1) is 0 Å². The maximum Gasteiger partial charge on any atom is 0.325 e. The summed E-state index contributed by atoms with van der Waals surface area (Å²) in [6, 6.07) is 6.03. The number of nitrogens with one attached hydrogen (secondary N) is 1. The van der Waals surface area contributed by atoms with Crippen molar-refractivity contribution in [3.63, 3.8) is 0 Å². The summed E-state index contributed by atoms with van der Waals surface area (Å²) in [6.07, 6.45) is 0.304. The van der Waals surface area contributed by atoms with Gasteiger partial charge in [-0.2, -0.15) is 4.98 Å². The Hall–Kier alpha value is -2.41. The van der Waals surface area contributed by atoms with Gasteiger partial charge < -0.3 is 14.9 Å². The second-order valence-electron chi connectivity index (χ2n) is 4.65. The van der Waals surface area contributed by atoms with E-state index in [9.17, 15) is 9.59 Å². The molecule has 2 aromatic rings. The third-order valence-electron chi connectivity index (χ3n) is 2.88. The molecule has 0 bridgehead atoms. The molecule has 1 aromatic heterocycles. The molecule has 0 spiro atoms. The molecule has 1 aromatic carbocycles. The Balaban J connectivity index is 1.91. The van der Waals surface area contributed by atoms with Crippen molar-refractivity contribution in [2.75, 3.05) is 0 Å². The predicted molar refractivity (Wildman–Crippen MR) is 78.3 cm³/mol. The number of aryl methyl sites for hydroxylation is 1. The number of benzene rings is 1. The highest BCUT2D eigenvalue weighted by atomic mass is 35.5. The van der Waals surface area contributed by atoms with Gasteiger partial charge in [0.1, 0.15) is 6.04 Å². The second-order valence-corrected chi connectivity index (χ2v) is 5.08. The van der Waals surface area contributed by atoms with Crippen molar-refractivity contribution < 1.29 is 19.2 Å². The average molecular weight is 324 g/mol. The number of amides is 1. The van der Waals surface area contributed by atoms with Crippen LogP contribution < -0.4 is 5.32 Å². The third-order valence-corrected chi connectivity index (χ3v) is 3.14. The van der Waals surface area contributed by atoms with E-state index in [1.54, 1.807) is 24.3 Å². The molecule has 116 valence electrons. The van der Waals surface area contributed by atoms with Crippen LogP contribution in [0, 0.1) is 0 Å². The number of carboxylic acids is 1. The number of hydrogen-bond acceptors (Lipinski definition) is 5. The van der Waals surface area contributed by atoms with Crippen LogP contribution in [0.1, 0.15) is 19.2 Å². The minimum absolute atomic E-state index is 0.0693. The lowest BCUT2D eigenvalue weighted by Crippen LogP contribution is -2.38. The number of hydrogen-bond donors (Lipinski definition) is 2. The summed E-state index contributed by atoms with van der Waals surface area (Å²) in [4.78, 5) is 26.4. The van der Waals surface area contributed by atoms with E-state index in [0.29, 0.717) is 16.7 Å². The molecule has 8 heteroatoms. The van der Waals surface area contributed by atoms with Crippen LogP contribution in [-0.2, 0) is 16.0 Å². The number of nitrogens with zero attached hydrogens (tertiary/aromatic N) is 2. The first kappa shape index (κ1) is 16.0. The van der Waals surface area contributed by atoms with E-state index < -0.39 is 12.0 Å². The lowest BCUT2D eigenvalue weighted by atomic mass is 10.2. The molecule has 0 aliphatic heterocycles. The molecular formula is C14H14ClN3O4. The van der Waals surface area contributed by atoms with Gasteiger partial charge in [-0.25, -0.2) is 0 Å². The molecule has 0 fully saturated rings. The van der Waals surface area contributed by atoms with Crippen molar-refractivity contribution in [1.29, 1.82) is 0 Å². The van der Waals surface area contributed by atoms with Gasteiger partial charge in [-0.1, -0.05) is 16.8 Å². The summed E-state index contributed by atoms with van der Waals surface area (Å²) < 4.78 is 5.06. The summed E-state index contributed by atoms with van der Waals surface area (Å²) in [7, 11) is 0. The normalized spacial score (nSPS) is 11.9. The van der Waals surface area contributed by atoms with Crippen LogP contribution in [0.25, 0.3) is 11.4 Å². The first-order valence-electron chi connectivity index (χ1n) is 6.56. The van der Waals surface area contributed by atoms with Gasteiger partial charge in [0.05, 0.1) is 0 Å². The SMILES string of the molecule is C[C@H](NC(=O)CCc1nc(-c2ccc(Cl)cc2)no1)C(=O)O. The number of carbonyl (C=O) groups excluding carboxylic acids is 1. The van der Waals surface area contributed by atoms with Crippen LogP contribution in [-0.4, -0.2) is 33.2 Å². The van der Waals surface area contributed by atoms with Gasteiger partial charge >= 0.3 is 5.97 Å². The molecule has 7 nitrogen and oxygen atoms in total. The number of carbonyl (C=O) groups is 2. The van der Waals surface area contributed by atoms with Crippen molar-refractivity contribution in [1.82, 2.24) is 15.5 Å². The molecule has 0 aliphatic carbocycles. The number of halogens is 1. The van der Waals surface area contributed by atoms with E-state index >= 15 is 0 Å². The number of aliphatic carboxylic acids is 1. The van der Waals surface area contributed by atoms with Crippen molar-refractivity contribution in [2.45, 2.75) is 25.8 Å². The lowest BCUT2D eigenvalue weighted by molar-refractivity contribution is -0.141. The summed E-state index contributed by atoms with van der Waals surface area (Å²) in [5.41, 5.74) is 0.753. The Morgan fingerprint density at radius 1 is 1.36 bits per heavy atom. The quantitative estimate of drug-likeness (QED) is 0.841. The fraction of sp³-hybridized carbons (Fsp3) is 0.286. The highest BCUT2D eigenvalue weighted by molar-refractivity contribution is 6.30. The third kappa shape index (κ3) is 4.29. The highest BCUT2D eigenvalue weighted by Crippen LogP contribution is 2.18. The van der Waals surface area contributed by atoms with Crippen LogP contribution in [0.2, 0.25) is 5.02 Å². The van der Waals surface area contributed by atoms with E-state index in [1.807, 2.05) is 0 Å². The van der Waals surface area contributed by atoms with Gasteiger partial charge in [0.2, 0.25) is 17.6 Å². The predicted octanol–water partition coefficient (Wildman–Crippen LogP) is 1.91. The number of carboxylic acid groups (broad SMARTS) is 1. The van der Waals surface area contributed by atoms with Crippen molar-refractivity contribution >= 4 is 23.5 Å². The Kier molecular flexibility index (Phi) is 5.11. The maximum absolute atomic E-state index is 11.6. The molecule has 0 saturated heterocycles.